The van der Waals surface area contributed by atoms with E-state index in [1.54, 1.807) is 41.5 Å². The number of nitrogens with one attached hydrogen (secondary N) is 1. The molecule has 0 saturated carbocycles. The van der Waals surface area contributed by atoms with Crippen molar-refractivity contribution in [2.75, 3.05) is 11.9 Å². The lowest BCUT2D eigenvalue weighted by Gasteiger charge is -2.27. The number of rotatable bonds is 7. The van der Waals surface area contributed by atoms with Gasteiger partial charge in [-0.05, 0) is 40.8 Å². The van der Waals surface area contributed by atoms with Gasteiger partial charge in [0.25, 0.3) is 0 Å². The molecule has 1 aromatic carbocycles. The summed E-state index contributed by atoms with van der Waals surface area (Å²) in [6.45, 7) is 6.72. The molecule has 0 aliphatic rings. The van der Waals surface area contributed by atoms with E-state index in [0.29, 0.717) is 18.8 Å². The summed E-state index contributed by atoms with van der Waals surface area (Å²) in [5.41, 5.74) is 4.03. The van der Waals surface area contributed by atoms with E-state index < -0.39 is 6.09 Å². The smallest absolute Gasteiger partial charge is 0.407 e. The third-order valence-corrected chi connectivity index (χ3v) is 4.81. The van der Waals surface area contributed by atoms with Gasteiger partial charge in [-0.15, -0.1) is 0 Å². The highest BCUT2D eigenvalue weighted by Gasteiger charge is 2.20. The number of aromatic nitrogens is 3. The first-order valence-corrected chi connectivity index (χ1v) is 10.6. The number of carbonyl (C=O) groups is 2. The molecule has 0 radical (unpaired) electrons. The van der Waals surface area contributed by atoms with Gasteiger partial charge in [-0.1, -0.05) is 32.9 Å². The molecule has 2 aromatic heterocycles. The Labute approximate surface area is 193 Å². The van der Waals surface area contributed by atoms with E-state index in [2.05, 4.69) is 15.4 Å². The Hall–Kier alpha value is -3.94. The number of nitrogens with zero attached hydrogens (tertiary/aromatic N) is 4. The van der Waals surface area contributed by atoms with Crippen molar-refractivity contribution in [1.82, 2.24) is 19.7 Å². The Balaban J connectivity index is 1.64. The Bertz CT molecular complexity index is 1140. The Kier molecular flexibility index (Phi) is 7.27. The van der Waals surface area contributed by atoms with Gasteiger partial charge in [0.2, 0.25) is 5.91 Å². The zero-order valence-corrected chi connectivity index (χ0v) is 19.3. The highest BCUT2D eigenvalue weighted by atomic mass is 16.4. The monoisotopic (exact) mass is 447 g/mol. The molecule has 2 heterocycles. The summed E-state index contributed by atoms with van der Waals surface area (Å²) in [4.78, 5) is 29.5. The molecule has 0 spiro atoms. The highest BCUT2D eigenvalue weighted by Crippen LogP contribution is 2.23. The van der Waals surface area contributed by atoms with Crippen molar-refractivity contribution in [3.63, 3.8) is 0 Å². The molecule has 2 N–H and O–H groups in total. The van der Waals surface area contributed by atoms with Crippen molar-refractivity contribution in [3.8, 4) is 11.1 Å². The van der Waals surface area contributed by atoms with Crippen LogP contribution in [0.25, 0.3) is 17.2 Å². The number of amides is 2. The Morgan fingerprint density at radius 2 is 1.88 bits per heavy atom. The van der Waals surface area contributed by atoms with Gasteiger partial charge in [0.1, 0.15) is 0 Å². The molecule has 0 unspecified atom stereocenters. The second-order valence-electron chi connectivity index (χ2n) is 9.08. The van der Waals surface area contributed by atoms with Crippen LogP contribution >= 0.6 is 0 Å². The molecule has 0 aliphatic carbocycles. The molecule has 0 bridgehead atoms. The van der Waals surface area contributed by atoms with E-state index in [9.17, 15) is 14.7 Å². The predicted octanol–water partition coefficient (Wildman–Crippen LogP) is 4.66. The minimum absolute atomic E-state index is 0.135. The van der Waals surface area contributed by atoms with E-state index in [1.807, 2.05) is 52.2 Å². The van der Waals surface area contributed by atoms with Gasteiger partial charge in [0.15, 0.2) is 0 Å². The third-order valence-electron chi connectivity index (χ3n) is 4.81. The Morgan fingerprint density at radius 1 is 1.15 bits per heavy atom. The molecule has 3 rings (SSSR count). The van der Waals surface area contributed by atoms with Crippen LogP contribution in [-0.2, 0) is 18.4 Å². The average Bonchev–Trinajstić information content (AvgIpc) is 3.18. The third kappa shape index (κ3) is 7.03. The molecular weight excluding hydrogens is 418 g/mol. The van der Waals surface area contributed by atoms with Gasteiger partial charge in [0, 0.05) is 61.6 Å². The number of benzene rings is 1. The number of hydrogen-bond donors (Lipinski definition) is 2. The summed E-state index contributed by atoms with van der Waals surface area (Å²) < 4.78 is 1.72. The van der Waals surface area contributed by atoms with Crippen LogP contribution in [0.1, 0.15) is 31.9 Å². The van der Waals surface area contributed by atoms with Crippen molar-refractivity contribution in [1.29, 1.82) is 0 Å². The molecule has 8 nitrogen and oxygen atoms in total. The second-order valence-corrected chi connectivity index (χ2v) is 9.08. The zero-order valence-electron chi connectivity index (χ0n) is 19.3. The topological polar surface area (TPSA) is 100 Å². The molecule has 8 heteroatoms. The van der Waals surface area contributed by atoms with Gasteiger partial charge in [-0.25, -0.2) is 4.79 Å². The maximum atomic E-state index is 12.4. The quantitative estimate of drug-likeness (QED) is 0.513. The van der Waals surface area contributed by atoms with Crippen LogP contribution in [0.3, 0.4) is 0 Å². The van der Waals surface area contributed by atoms with Crippen molar-refractivity contribution in [2.45, 2.75) is 27.3 Å². The summed E-state index contributed by atoms with van der Waals surface area (Å²) in [6, 6.07) is 9.05. The van der Waals surface area contributed by atoms with Crippen LogP contribution in [0, 0.1) is 5.41 Å². The van der Waals surface area contributed by atoms with Crippen LogP contribution in [0.4, 0.5) is 10.5 Å². The number of carbonyl (C=O) groups excluding carboxylic acids is 1. The minimum atomic E-state index is -0.950. The molecule has 33 heavy (non-hydrogen) atoms. The number of anilines is 1. The maximum absolute atomic E-state index is 12.4. The molecule has 2 amide bonds. The first-order chi connectivity index (χ1) is 15.6. The standard InChI is InChI=1S/C25H29N5O3/c1-25(2,3)17-30(24(32)33)15-18-5-8-21(9-6-18)28-23(31)10-7-19-13-26-12-11-22(19)20-14-27-29(4)16-20/h5-14,16H,15,17H2,1-4H3,(H,28,31)(H,32,33)/b10-7+. The summed E-state index contributed by atoms with van der Waals surface area (Å²) >= 11 is 0. The lowest BCUT2D eigenvalue weighted by Crippen LogP contribution is -2.36. The summed E-state index contributed by atoms with van der Waals surface area (Å²) in [6.07, 6.45) is 9.30. The van der Waals surface area contributed by atoms with E-state index in [0.717, 1.165) is 22.3 Å². The predicted molar refractivity (Wildman–Crippen MR) is 128 cm³/mol. The van der Waals surface area contributed by atoms with Crippen molar-refractivity contribution in [2.24, 2.45) is 12.5 Å². The fourth-order valence-corrected chi connectivity index (χ4v) is 3.39. The van der Waals surface area contributed by atoms with Gasteiger partial charge in [-0.2, -0.15) is 5.10 Å². The summed E-state index contributed by atoms with van der Waals surface area (Å²) in [7, 11) is 1.85. The SMILES string of the molecule is Cn1cc(-c2ccncc2/C=C/C(=O)Nc2ccc(CN(CC(C)(C)C)C(=O)O)cc2)cn1. The van der Waals surface area contributed by atoms with E-state index in [4.69, 9.17) is 0 Å². The Morgan fingerprint density at radius 3 is 2.48 bits per heavy atom. The van der Waals surface area contributed by atoms with Gasteiger partial charge in [0.05, 0.1) is 6.20 Å². The first-order valence-electron chi connectivity index (χ1n) is 10.6. The van der Waals surface area contributed by atoms with E-state index in [-0.39, 0.29) is 11.3 Å². The van der Waals surface area contributed by atoms with Crippen LogP contribution in [-0.4, -0.2) is 43.3 Å². The minimum Gasteiger partial charge on any atom is -0.465 e. The van der Waals surface area contributed by atoms with Crippen LogP contribution < -0.4 is 5.32 Å². The molecule has 3 aromatic rings. The fourth-order valence-electron chi connectivity index (χ4n) is 3.39. The van der Waals surface area contributed by atoms with Crippen molar-refractivity contribution in [3.05, 3.63) is 72.3 Å². The fraction of sp³-hybridized carbons (Fsp3) is 0.280. The van der Waals surface area contributed by atoms with Gasteiger partial charge < -0.3 is 15.3 Å². The maximum Gasteiger partial charge on any atom is 0.407 e. The number of hydrogen-bond acceptors (Lipinski definition) is 4. The summed E-state index contributed by atoms with van der Waals surface area (Å²) in [5.74, 6) is -0.274. The number of pyridine rings is 1. The molecule has 0 atom stereocenters. The van der Waals surface area contributed by atoms with Gasteiger partial charge >= 0.3 is 6.09 Å². The molecule has 0 fully saturated rings. The second kappa shape index (κ2) is 10.1. The average molecular weight is 448 g/mol. The summed E-state index contributed by atoms with van der Waals surface area (Å²) in [5, 5.41) is 16.5. The highest BCUT2D eigenvalue weighted by molar-refractivity contribution is 6.02. The number of aryl methyl sites for hydroxylation is 1. The van der Waals surface area contributed by atoms with Crippen molar-refractivity contribution < 1.29 is 14.7 Å². The normalized spacial score (nSPS) is 11.5. The van der Waals surface area contributed by atoms with Gasteiger partial charge in [-0.3, -0.25) is 14.5 Å². The van der Waals surface area contributed by atoms with Crippen LogP contribution in [0.2, 0.25) is 0 Å². The molecular formula is C25H29N5O3. The lowest BCUT2D eigenvalue weighted by atomic mass is 9.96. The number of carboxylic acid groups (broad SMARTS) is 1. The van der Waals surface area contributed by atoms with E-state index >= 15 is 0 Å². The first kappa shape index (κ1) is 23.7. The van der Waals surface area contributed by atoms with Crippen LogP contribution in [0.5, 0.6) is 0 Å². The van der Waals surface area contributed by atoms with Crippen molar-refractivity contribution >= 4 is 23.8 Å². The molecule has 172 valence electrons. The zero-order chi connectivity index (χ0) is 24.0. The largest absolute Gasteiger partial charge is 0.465 e. The van der Waals surface area contributed by atoms with Crippen LogP contribution in [0.15, 0.2) is 61.2 Å². The van der Waals surface area contributed by atoms with E-state index in [1.165, 1.54) is 11.0 Å². The molecule has 0 aliphatic heterocycles. The molecule has 0 saturated heterocycles. The lowest BCUT2D eigenvalue weighted by molar-refractivity contribution is -0.111.